The van der Waals surface area contributed by atoms with Crippen molar-refractivity contribution < 1.29 is 18.8 Å². The van der Waals surface area contributed by atoms with Crippen molar-refractivity contribution in [3.05, 3.63) is 12.3 Å². The Morgan fingerprint density at radius 3 is 2.42 bits per heavy atom. The molecule has 7 nitrogen and oxygen atoms in total. The first kappa shape index (κ1) is 19.1. The van der Waals surface area contributed by atoms with Crippen molar-refractivity contribution in [2.45, 2.75) is 65.3 Å². The van der Waals surface area contributed by atoms with Crippen molar-refractivity contribution in [3.63, 3.8) is 0 Å². The predicted molar refractivity (Wildman–Crippen MR) is 103 cm³/mol. The van der Waals surface area contributed by atoms with E-state index in [0.29, 0.717) is 10.8 Å². The van der Waals surface area contributed by atoms with Crippen LogP contribution in [0.3, 0.4) is 0 Å². The molecule has 0 saturated carbocycles. The van der Waals surface area contributed by atoms with Crippen LogP contribution in [-0.2, 0) is 14.0 Å². The van der Waals surface area contributed by atoms with E-state index in [4.69, 9.17) is 14.0 Å². The van der Waals surface area contributed by atoms with E-state index in [1.54, 1.807) is 6.20 Å². The normalized spacial score (nSPS) is 19.0. The number of anilines is 1. The molecule has 1 amide bonds. The standard InChI is InChI=1S/C17H24BN3O4S/c1-15(2,3)23-14(22)21-13-20-12-11(26-13)8-10(9-19-12)18-24-16(4,5)17(6,7)25-18/h8-9H,1-7H3,(H,19,20,21,22). The summed E-state index contributed by atoms with van der Waals surface area (Å²) < 4.78 is 18.2. The van der Waals surface area contributed by atoms with Crippen molar-refractivity contribution in [3.8, 4) is 0 Å². The Kier molecular flexibility index (Phi) is 4.53. The van der Waals surface area contributed by atoms with Crippen LogP contribution in [0.4, 0.5) is 9.93 Å². The van der Waals surface area contributed by atoms with Gasteiger partial charge in [-0.3, -0.25) is 5.32 Å². The van der Waals surface area contributed by atoms with E-state index in [2.05, 4.69) is 15.3 Å². The first-order valence-corrected chi connectivity index (χ1v) is 9.30. The molecule has 0 radical (unpaired) electrons. The zero-order valence-corrected chi connectivity index (χ0v) is 17.0. The molecular formula is C17H24BN3O4S. The van der Waals surface area contributed by atoms with Gasteiger partial charge < -0.3 is 14.0 Å². The molecule has 1 N–H and O–H groups in total. The summed E-state index contributed by atoms with van der Waals surface area (Å²) in [4.78, 5) is 20.6. The maximum absolute atomic E-state index is 11.9. The summed E-state index contributed by atoms with van der Waals surface area (Å²) in [5.74, 6) is 0. The van der Waals surface area contributed by atoms with E-state index in [1.807, 2.05) is 54.5 Å². The second-order valence-electron chi connectivity index (χ2n) is 8.32. The number of carbonyl (C=O) groups is 1. The third kappa shape index (κ3) is 3.84. The molecule has 140 valence electrons. The first-order valence-electron chi connectivity index (χ1n) is 8.48. The van der Waals surface area contributed by atoms with Gasteiger partial charge in [-0.2, -0.15) is 4.98 Å². The fourth-order valence-electron chi connectivity index (χ4n) is 2.39. The zero-order chi connectivity index (χ0) is 19.3. The number of nitrogens with zero attached hydrogens (tertiary/aromatic N) is 2. The van der Waals surface area contributed by atoms with Crippen LogP contribution in [0, 0.1) is 0 Å². The molecule has 2 aromatic rings. The summed E-state index contributed by atoms with van der Waals surface area (Å²) in [6, 6.07) is 1.93. The van der Waals surface area contributed by atoms with Crippen molar-refractivity contribution in [1.82, 2.24) is 9.97 Å². The third-order valence-corrected chi connectivity index (χ3v) is 5.31. The van der Waals surface area contributed by atoms with Crippen LogP contribution >= 0.6 is 11.3 Å². The van der Waals surface area contributed by atoms with Gasteiger partial charge in [-0.25, -0.2) is 9.78 Å². The number of pyridine rings is 1. The average Bonchev–Trinajstić information content (AvgIpc) is 2.93. The third-order valence-electron chi connectivity index (χ3n) is 4.40. The molecule has 1 aliphatic rings. The van der Waals surface area contributed by atoms with Gasteiger partial charge in [0.1, 0.15) is 5.60 Å². The highest BCUT2D eigenvalue weighted by atomic mass is 32.1. The van der Waals surface area contributed by atoms with Gasteiger partial charge in [-0.05, 0) is 54.5 Å². The summed E-state index contributed by atoms with van der Waals surface area (Å²) in [6.07, 6.45) is 1.16. The molecule has 0 atom stereocenters. The summed E-state index contributed by atoms with van der Waals surface area (Å²) in [5, 5.41) is 3.08. The van der Waals surface area contributed by atoms with Crippen LogP contribution < -0.4 is 10.8 Å². The van der Waals surface area contributed by atoms with E-state index in [-0.39, 0.29) is 0 Å². The molecule has 0 unspecified atom stereocenters. The minimum absolute atomic E-state index is 0.413. The lowest BCUT2D eigenvalue weighted by Gasteiger charge is -2.32. The number of aromatic nitrogens is 2. The topological polar surface area (TPSA) is 82.6 Å². The number of amides is 1. The van der Waals surface area contributed by atoms with Gasteiger partial charge >= 0.3 is 13.2 Å². The molecule has 2 aromatic heterocycles. The minimum atomic E-state index is -0.567. The number of rotatable bonds is 2. The second kappa shape index (κ2) is 6.18. The molecule has 0 spiro atoms. The molecule has 9 heteroatoms. The lowest BCUT2D eigenvalue weighted by Crippen LogP contribution is -2.41. The van der Waals surface area contributed by atoms with Gasteiger partial charge in [-0.1, -0.05) is 11.3 Å². The van der Waals surface area contributed by atoms with Gasteiger partial charge in [0.15, 0.2) is 10.8 Å². The highest BCUT2D eigenvalue weighted by molar-refractivity contribution is 7.22. The van der Waals surface area contributed by atoms with Gasteiger partial charge in [0.05, 0.1) is 15.9 Å². The average molecular weight is 377 g/mol. The van der Waals surface area contributed by atoms with Crippen LogP contribution in [0.1, 0.15) is 48.5 Å². The Hall–Kier alpha value is -1.71. The molecule has 1 saturated heterocycles. The number of fused-ring (bicyclic) bond motifs is 1. The number of hydrogen-bond acceptors (Lipinski definition) is 7. The quantitative estimate of drug-likeness (QED) is 0.809. The van der Waals surface area contributed by atoms with Crippen molar-refractivity contribution in [1.29, 1.82) is 0 Å². The largest absolute Gasteiger partial charge is 0.496 e. The predicted octanol–water partition coefficient (Wildman–Crippen LogP) is 3.34. The van der Waals surface area contributed by atoms with E-state index in [0.717, 1.165) is 10.2 Å². The fraction of sp³-hybridized carbons (Fsp3) is 0.588. The molecule has 26 heavy (non-hydrogen) atoms. The Morgan fingerprint density at radius 1 is 1.23 bits per heavy atom. The SMILES string of the molecule is CC(C)(C)OC(=O)Nc1nc2ncc(B3OC(C)(C)C(C)(C)O3)cc2s1. The van der Waals surface area contributed by atoms with Gasteiger partial charge in [0.2, 0.25) is 0 Å². The first-order chi connectivity index (χ1) is 11.9. The monoisotopic (exact) mass is 377 g/mol. The number of nitrogens with one attached hydrogen (secondary N) is 1. The molecule has 0 aliphatic carbocycles. The molecule has 1 aliphatic heterocycles. The lowest BCUT2D eigenvalue weighted by molar-refractivity contribution is 0.00578. The lowest BCUT2D eigenvalue weighted by atomic mass is 9.80. The van der Waals surface area contributed by atoms with Gasteiger partial charge in [0, 0.05) is 11.7 Å². The smallest absolute Gasteiger partial charge is 0.444 e. The molecular weight excluding hydrogens is 353 g/mol. The summed E-state index contributed by atoms with van der Waals surface area (Å²) in [5.41, 5.74) is -0.0128. The van der Waals surface area contributed by atoms with Gasteiger partial charge in [0.25, 0.3) is 0 Å². The Labute approximate surface area is 157 Å². The molecule has 3 rings (SSSR count). The van der Waals surface area contributed by atoms with E-state index in [1.165, 1.54) is 11.3 Å². The minimum Gasteiger partial charge on any atom is -0.444 e. The summed E-state index contributed by atoms with van der Waals surface area (Å²) in [7, 11) is -0.485. The van der Waals surface area contributed by atoms with Crippen LogP contribution in [0.2, 0.25) is 0 Å². The maximum atomic E-state index is 11.9. The number of hydrogen-bond donors (Lipinski definition) is 1. The summed E-state index contributed by atoms with van der Waals surface area (Å²) >= 11 is 1.33. The zero-order valence-electron chi connectivity index (χ0n) is 16.2. The second-order valence-corrected chi connectivity index (χ2v) is 9.36. The Bertz CT molecular complexity index is 828. The highest BCUT2D eigenvalue weighted by Gasteiger charge is 2.51. The Morgan fingerprint density at radius 2 is 1.85 bits per heavy atom. The molecule has 0 aromatic carbocycles. The van der Waals surface area contributed by atoms with E-state index >= 15 is 0 Å². The van der Waals surface area contributed by atoms with E-state index < -0.39 is 30.0 Å². The van der Waals surface area contributed by atoms with Gasteiger partial charge in [-0.15, -0.1) is 0 Å². The van der Waals surface area contributed by atoms with Crippen molar-refractivity contribution in [2.24, 2.45) is 0 Å². The van der Waals surface area contributed by atoms with Crippen molar-refractivity contribution >= 4 is 45.5 Å². The van der Waals surface area contributed by atoms with E-state index in [9.17, 15) is 4.79 Å². The Balaban J connectivity index is 1.79. The molecule has 1 fully saturated rings. The molecule has 0 bridgehead atoms. The molecule has 3 heterocycles. The fourth-order valence-corrected chi connectivity index (χ4v) is 3.25. The van der Waals surface area contributed by atoms with Crippen molar-refractivity contribution in [2.75, 3.05) is 5.32 Å². The van der Waals surface area contributed by atoms with Crippen LogP contribution in [0.5, 0.6) is 0 Å². The number of carbonyl (C=O) groups excluding carboxylic acids is 1. The van der Waals surface area contributed by atoms with Crippen LogP contribution in [-0.4, -0.2) is 40.0 Å². The maximum Gasteiger partial charge on any atom is 0.496 e. The number of thiazole rings is 1. The summed E-state index contributed by atoms with van der Waals surface area (Å²) in [6.45, 7) is 13.5. The van der Waals surface area contributed by atoms with Crippen LogP contribution in [0.15, 0.2) is 12.3 Å². The van der Waals surface area contributed by atoms with Crippen LogP contribution in [0.25, 0.3) is 10.3 Å². The highest BCUT2D eigenvalue weighted by Crippen LogP contribution is 2.36. The number of ether oxygens (including phenoxy) is 1.